The molecule has 2 unspecified atom stereocenters. The summed E-state index contributed by atoms with van der Waals surface area (Å²) in [5, 5.41) is 9.90. The predicted molar refractivity (Wildman–Crippen MR) is 58.4 cm³/mol. The van der Waals surface area contributed by atoms with Gasteiger partial charge >= 0.3 is 0 Å². The molecule has 1 aliphatic rings. The zero-order chi connectivity index (χ0) is 10.1. The van der Waals surface area contributed by atoms with Gasteiger partial charge in [-0.2, -0.15) is 0 Å². The van der Waals surface area contributed by atoms with E-state index in [2.05, 4.69) is 32.0 Å². The minimum atomic E-state index is -0.221. The van der Waals surface area contributed by atoms with Gasteiger partial charge in [0.25, 0.3) is 0 Å². The molecule has 1 heteroatoms. The van der Waals surface area contributed by atoms with E-state index < -0.39 is 0 Å². The zero-order valence-corrected chi connectivity index (χ0v) is 8.96. The van der Waals surface area contributed by atoms with Gasteiger partial charge in [0.1, 0.15) is 0 Å². The average Bonchev–Trinajstić information content (AvgIpc) is 2.55. The molecule has 0 saturated carbocycles. The van der Waals surface area contributed by atoms with Crippen LogP contribution < -0.4 is 0 Å². The van der Waals surface area contributed by atoms with Crippen LogP contribution in [0.2, 0.25) is 0 Å². The smallest absolute Gasteiger partial charge is 0.0798 e. The van der Waals surface area contributed by atoms with Gasteiger partial charge in [-0.15, -0.1) is 0 Å². The normalized spacial score (nSPS) is 25.1. The first-order valence-corrected chi connectivity index (χ1v) is 5.57. The summed E-state index contributed by atoms with van der Waals surface area (Å²) in [5.74, 6) is 0.575. The Hall–Kier alpha value is -0.820. The van der Waals surface area contributed by atoms with Crippen molar-refractivity contribution in [1.82, 2.24) is 0 Å². The van der Waals surface area contributed by atoms with Crippen molar-refractivity contribution < 1.29 is 5.11 Å². The van der Waals surface area contributed by atoms with E-state index in [1.807, 2.05) is 0 Å². The van der Waals surface area contributed by atoms with E-state index in [1.165, 1.54) is 16.7 Å². The van der Waals surface area contributed by atoms with Crippen LogP contribution in [0.25, 0.3) is 0 Å². The fraction of sp³-hybridized carbons (Fsp3) is 0.538. The minimum Gasteiger partial charge on any atom is -0.388 e. The third-order valence-corrected chi connectivity index (χ3v) is 3.36. The van der Waals surface area contributed by atoms with E-state index in [4.69, 9.17) is 0 Å². The maximum Gasteiger partial charge on any atom is 0.0798 e. The summed E-state index contributed by atoms with van der Waals surface area (Å²) in [6, 6.07) is 6.58. The molecule has 1 aromatic carbocycles. The van der Waals surface area contributed by atoms with Crippen molar-refractivity contribution >= 4 is 0 Å². The van der Waals surface area contributed by atoms with Crippen LogP contribution in [0.3, 0.4) is 0 Å². The molecule has 0 aliphatic heterocycles. The van der Waals surface area contributed by atoms with Crippen LogP contribution in [0, 0.1) is 0 Å². The first kappa shape index (κ1) is 9.72. The Bertz CT molecular complexity index is 330. The van der Waals surface area contributed by atoms with Crippen LogP contribution in [0.15, 0.2) is 18.2 Å². The van der Waals surface area contributed by atoms with Crippen molar-refractivity contribution in [2.24, 2.45) is 0 Å². The van der Waals surface area contributed by atoms with Crippen LogP contribution >= 0.6 is 0 Å². The van der Waals surface area contributed by atoms with Gasteiger partial charge in [0.15, 0.2) is 0 Å². The molecule has 1 N–H and O–H groups in total. The van der Waals surface area contributed by atoms with E-state index in [9.17, 15) is 5.11 Å². The summed E-state index contributed by atoms with van der Waals surface area (Å²) in [4.78, 5) is 0. The van der Waals surface area contributed by atoms with Crippen LogP contribution in [0.5, 0.6) is 0 Å². The van der Waals surface area contributed by atoms with Crippen molar-refractivity contribution in [3.8, 4) is 0 Å². The number of aliphatic hydroxyl groups excluding tert-OH is 1. The fourth-order valence-electron chi connectivity index (χ4n) is 2.41. The maximum absolute atomic E-state index is 9.90. The largest absolute Gasteiger partial charge is 0.388 e. The van der Waals surface area contributed by atoms with E-state index in [1.54, 1.807) is 0 Å². The molecule has 0 spiro atoms. The quantitative estimate of drug-likeness (QED) is 0.759. The molecule has 0 saturated heterocycles. The monoisotopic (exact) mass is 190 g/mol. The number of fused-ring (bicyclic) bond motifs is 1. The van der Waals surface area contributed by atoms with Crippen molar-refractivity contribution in [2.75, 3.05) is 0 Å². The Morgan fingerprint density at radius 3 is 2.71 bits per heavy atom. The molecular formula is C13H18O. The van der Waals surface area contributed by atoms with E-state index in [0.717, 1.165) is 19.3 Å². The molecule has 1 nitrogen and oxygen atoms in total. The molecule has 0 fully saturated rings. The lowest BCUT2D eigenvalue weighted by Crippen LogP contribution is -1.92. The highest BCUT2D eigenvalue weighted by Gasteiger charge is 2.28. The van der Waals surface area contributed by atoms with Crippen LogP contribution in [0.4, 0.5) is 0 Å². The van der Waals surface area contributed by atoms with Crippen molar-refractivity contribution in [3.63, 3.8) is 0 Å². The SMILES string of the molecule is CCc1ccc2c(c1)C(O)CC2CC. The molecule has 2 atom stereocenters. The summed E-state index contributed by atoms with van der Waals surface area (Å²) in [7, 11) is 0. The number of benzene rings is 1. The summed E-state index contributed by atoms with van der Waals surface area (Å²) >= 11 is 0. The van der Waals surface area contributed by atoms with Gasteiger partial charge in [0, 0.05) is 0 Å². The fourth-order valence-corrected chi connectivity index (χ4v) is 2.41. The second-order valence-electron chi connectivity index (χ2n) is 4.17. The van der Waals surface area contributed by atoms with Crippen molar-refractivity contribution in [2.45, 2.75) is 45.1 Å². The van der Waals surface area contributed by atoms with Gasteiger partial charge in [-0.05, 0) is 41.9 Å². The Balaban J connectivity index is 2.41. The van der Waals surface area contributed by atoms with Crippen LogP contribution in [-0.2, 0) is 6.42 Å². The second-order valence-corrected chi connectivity index (χ2v) is 4.17. The number of aryl methyl sites for hydroxylation is 1. The number of rotatable bonds is 2. The van der Waals surface area contributed by atoms with Gasteiger partial charge in [-0.25, -0.2) is 0 Å². The van der Waals surface area contributed by atoms with Crippen LogP contribution in [0.1, 0.15) is 55.4 Å². The number of aliphatic hydroxyl groups is 1. The second kappa shape index (κ2) is 3.74. The standard InChI is InChI=1S/C13H18O/c1-3-9-5-6-11-10(4-2)8-13(14)12(11)7-9/h5-7,10,13-14H,3-4,8H2,1-2H3. The van der Waals surface area contributed by atoms with Gasteiger partial charge in [0.05, 0.1) is 6.10 Å². The molecule has 0 heterocycles. The highest BCUT2D eigenvalue weighted by atomic mass is 16.3. The molecule has 76 valence electrons. The highest BCUT2D eigenvalue weighted by Crippen LogP contribution is 2.42. The lowest BCUT2D eigenvalue weighted by molar-refractivity contribution is 0.172. The zero-order valence-electron chi connectivity index (χ0n) is 8.96. The maximum atomic E-state index is 9.90. The minimum absolute atomic E-state index is 0.221. The Morgan fingerprint density at radius 1 is 1.29 bits per heavy atom. The first-order chi connectivity index (χ1) is 6.76. The molecular weight excluding hydrogens is 172 g/mol. The third-order valence-electron chi connectivity index (χ3n) is 3.36. The van der Waals surface area contributed by atoms with E-state index >= 15 is 0 Å². The van der Waals surface area contributed by atoms with Gasteiger partial charge in [-0.3, -0.25) is 0 Å². The van der Waals surface area contributed by atoms with Crippen molar-refractivity contribution in [3.05, 3.63) is 34.9 Å². The molecule has 0 aromatic heterocycles. The average molecular weight is 190 g/mol. The van der Waals surface area contributed by atoms with Gasteiger partial charge in [0.2, 0.25) is 0 Å². The summed E-state index contributed by atoms with van der Waals surface area (Å²) < 4.78 is 0. The molecule has 1 aromatic rings. The topological polar surface area (TPSA) is 20.2 Å². The molecule has 0 amide bonds. The first-order valence-electron chi connectivity index (χ1n) is 5.57. The van der Waals surface area contributed by atoms with E-state index in [0.29, 0.717) is 5.92 Å². The number of hydrogen-bond donors (Lipinski definition) is 1. The Kier molecular flexibility index (Phi) is 2.60. The molecule has 14 heavy (non-hydrogen) atoms. The Morgan fingerprint density at radius 2 is 2.07 bits per heavy atom. The molecule has 1 aliphatic carbocycles. The van der Waals surface area contributed by atoms with E-state index in [-0.39, 0.29) is 6.10 Å². The predicted octanol–water partition coefficient (Wildman–Crippen LogP) is 3.18. The Labute approximate surface area is 85.8 Å². The van der Waals surface area contributed by atoms with Crippen molar-refractivity contribution in [1.29, 1.82) is 0 Å². The summed E-state index contributed by atoms with van der Waals surface area (Å²) in [5.41, 5.74) is 3.88. The van der Waals surface area contributed by atoms with Gasteiger partial charge < -0.3 is 5.11 Å². The summed E-state index contributed by atoms with van der Waals surface area (Å²) in [6.45, 7) is 4.35. The molecule has 2 rings (SSSR count). The highest BCUT2D eigenvalue weighted by molar-refractivity contribution is 5.40. The third kappa shape index (κ3) is 1.46. The summed E-state index contributed by atoms with van der Waals surface area (Å²) in [6.07, 6.45) is 2.88. The lowest BCUT2D eigenvalue weighted by Gasteiger charge is -2.08. The molecule has 0 radical (unpaired) electrons. The van der Waals surface area contributed by atoms with Gasteiger partial charge in [-0.1, -0.05) is 32.0 Å². The number of hydrogen-bond acceptors (Lipinski definition) is 1. The van der Waals surface area contributed by atoms with Crippen LogP contribution in [-0.4, -0.2) is 5.11 Å². The molecule has 0 bridgehead atoms. The lowest BCUT2D eigenvalue weighted by atomic mass is 9.97.